The Balaban J connectivity index is 2.06. The summed E-state index contributed by atoms with van der Waals surface area (Å²) in [6.45, 7) is 0. The van der Waals surface area contributed by atoms with Crippen LogP contribution in [0.5, 0.6) is 5.75 Å². The van der Waals surface area contributed by atoms with Crippen LogP contribution in [0.3, 0.4) is 0 Å². The minimum Gasteiger partial charge on any atom is -0.495 e. The summed E-state index contributed by atoms with van der Waals surface area (Å²) >= 11 is 0. The first-order valence-corrected chi connectivity index (χ1v) is 6.32. The Hall–Kier alpha value is -2.75. The van der Waals surface area contributed by atoms with Gasteiger partial charge in [-0.1, -0.05) is 18.2 Å². The standard InChI is InChI=1S/C16H15N3O/c1-20-15-7-3-6-14(16(15)17)19-13-5-2-4-11-8-9-18-10-12(11)13/h2-10,19H,17H2,1H3. The maximum atomic E-state index is 6.08. The highest BCUT2D eigenvalue weighted by molar-refractivity contribution is 5.95. The van der Waals surface area contributed by atoms with E-state index >= 15 is 0 Å². The normalized spacial score (nSPS) is 10.4. The van der Waals surface area contributed by atoms with Crippen LogP contribution in [0.25, 0.3) is 10.8 Å². The van der Waals surface area contributed by atoms with Crippen LogP contribution < -0.4 is 15.8 Å². The lowest BCUT2D eigenvalue weighted by atomic mass is 10.1. The van der Waals surface area contributed by atoms with E-state index in [1.54, 1.807) is 13.3 Å². The van der Waals surface area contributed by atoms with Gasteiger partial charge < -0.3 is 15.8 Å². The van der Waals surface area contributed by atoms with Crippen molar-refractivity contribution in [1.82, 2.24) is 4.98 Å². The minimum atomic E-state index is 0.593. The average Bonchev–Trinajstić information content (AvgIpc) is 2.50. The number of methoxy groups -OCH3 is 1. The van der Waals surface area contributed by atoms with E-state index in [0.717, 1.165) is 22.1 Å². The second kappa shape index (κ2) is 5.09. The van der Waals surface area contributed by atoms with Crippen molar-refractivity contribution in [3.05, 3.63) is 54.9 Å². The zero-order valence-corrected chi connectivity index (χ0v) is 11.1. The highest BCUT2D eigenvalue weighted by Gasteiger charge is 2.07. The number of fused-ring (bicyclic) bond motifs is 1. The monoisotopic (exact) mass is 265 g/mol. The van der Waals surface area contributed by atoms with Gasteiger partial charge in [0, 0.05) is 23.5 Å². The van der Waals surface area contributed by atoms with Gasteiger partial charge in [0.1, 0.15) is 5.75 Å². The number of nitrogens with one attached hydrogen (secondary N) is 1. The molecule has 20 heavy (non-hydrogen) atoms. The number of pyridine rings is 1. The van der Waals surface area contributed by atoms with Crippen molar-refractivity contribution in [1.29, 1.82) is 0 Å². The summed E-state index contributed by atoms with van der Waals surface area (Å²) in [5, 5.41) is 5.53. The Morgan fingerprint density at radius 3 is 2.70 bits per heavy atom. The van der Waals surface area contributed by atoms with Crippen LogP contribution in [0.4, 0.5) is 17.1 Å². The van der Waals surface area contributed by atoms with E-state index in [-0.39, 0.29) is 0 Å². The van der Waals surface area contributed by atoms with Gasteiger partial charge in [-0.2, -0.15) is 0 Å². The number of para-hydroxylation sites is 1. The first-order valence-electron chi connectivity index (χ1n) is 6.32. The molecule has 3 rings (SSSR count). The average molecular weight is 265 g/mol. The number of hydrogen-bond acceptors (Lipinski definition) is 4. The maximum Gasteiger partial charge on any atom is 0.143 e. The lowest BCUT2D eigenvalue weighted by Crippen LogP contribution is -1.99. The molecule has 0 fully saturated rings. The van der Waals surface area contributed by atoms with Crippen molar-refractivity contribution in [2.24, 2.45) is 0 Å². The molecule has 1 heterocycles. The van der Waals surface area contributed by atoms with Crippen LogP contribution in [0.1, 0.15) is 0 Å². The maximum absolute atomic E-state index is 6.08. The van der Waals surface area contributed by atoms with E-state index in [1.165, 1.54) is 0 Å². The summed E-state index contributed by atoms with van der Waals surface area (Å²) < 4.78 is 5.23. The van der Waals surface area contributed by atoms with E-state index in [9.17, 15) is 0 Å². The molecule has 100 valence electrons. The molecule has 0 spiro atoms. The predicted octanol–water partition coefficient (Wildman–Crippen LogP) is 3.57. The van der Waals surface area contributed by atoms with Gasteiger partial charge in [0.25, 0.3) is 0 Å². The fourth-order valence-electron chi connectivity index (χ4n) is 2.20. The highest BCUT2D eigenvalue weighted by Crippen LogP contribution is 2.33. The van der Waals surface area contributed by atoms with Crippen molar-refractivity contribution < 1.29 is 4.74 Å². The van der Waals surface area contributed by atoms with Gasteiger partial charge in [0.15, 0.2) is 0 Å². The molecule has 0 aliphatic heterocycles. The van der Waals surface area contributed by atoms with E-state index in [0.29, 0.717) is 11.4 Å². The van der Waals surface area contributed by atoms with Crippen LogP contribution in [-0.2, 0) is 0 Å². The highest BCUT2D eigenvalue weighted by atomic mass is 16.5. The molecule has 4 heteroatoms. The summed E-state index contributed by atoms with van der Waals surface area (Å²) in [5.74, 6) is 0.661. The van der Waals surface area contributed by atoms with Crippen LogP contribution in [0, 0.1) is 0 Å². The molecule has 0 radical (unpaired) electrons. The van der Waals surface area contributed by atoms with Gasteiger partial charge in [0.05, 0.1) is 18.5 Å². The molecule has 3 aromatic rings. The Bertz CT molecular complexity index is 750. The Labute approximate surface area is 117 Å². The van der Waals surface area contributed by atoms with Crippen LogP contribution in [0.2, 0.25) is 0 Å². The zero-order valence-electron chi connectivity index (χ0n) is 11.1. The van der Waals surface area contributed by atoms with Gasteiger partial charge in [0.2, 0.25) is 0 Å². The summed E-state index contributed by atoms with van der Waals surface area (Å²) in [5.41, 5.74) is 8.46. The Morgan fingerprint density at radius 1 is 1.05 bits per heavy atom. The molecule has 0 unspecified atom stereocenters. The molecule has 4 nitrogen and oxygen atoms in total. The lowest BCUT2D eigenvalue weighted by Gasteiger charge is -2.13. The summed E-state index contributed by atoms with van der Waals surface area (Å²) in [6.07, 6.45) is 3.63. The van der Waals surface area contributed by atoms with Crippen molar-refractivity contribution in [2.45, 2.75) is 0 Å². The number of nitrogen functional groups attached to an aromatic ring is 1. The second-order valence-corrected chi connectivity index (χ2v) is 4.45. The molecule has 0 aliphatic carbocycles. The first-order chi connectivity index (χ1) is 9.79. The number of nitrogens with two attached hydrogens (primary N) is 1. The van der Waals surface area contributed by atoms with Crippen LogP contribution >= 0.6 is 0 Å². The van der Waals surface area contributed by atoms with Gasteiger partial charge in [-0.3, -0.25) is 4.98 Å². The molecule has 1 aromatic heterocycles. The molecule has 0 aliphatic rings. The van der Waals surface area contributed by atoms with E-state index in [4.69, 9.17) is 10.5 Å². The number of rotatable bonds is 3. The SMILES string of the molecule is COc1cccc(Nc2cccc3ccncc23)c1N. The number of hydrogen-bond donors (Lipinski definition) is 2. The summed E-state index contributed by atoms with van der Waals surface area (Å²) in [6, 6.07) is 13.7. The number of nitrogens with zero attached hydrogens (tertiary/aromatic N) is 1. The van der Waals surface area contributed by atoms with E-state index in [1.807, 2.05) is 42.6 Å². The van der Waals surface area contributed by atoms with Crippen LogP contribution in [-0.4, -0.2) is 12.1 Å². The smallest absolute Gasteiger partial charge is 0.143 e. The molecule has 3 N–H and O–H groups in total. The van der Waals surface area contributed by atoms with Gasteiger partial charge >= 0.3 is 0 Å². The first kappa shape index (κ1) is 12.3. The molecule has 0 bridgehead atoms. The zero-order chi connectivity index (χ0) is 13.9. The molecular formula is C16H15N3O. The van der Waals surface area contributed by atoms with Crippen molar-refractivity contribution in [3.8, 4) is 5.75 Å². The van der Waals surface area contributed by atoms with E-state index < -0.39 is 0 Å². The predicted molar refractivity (Wildman–Crippen MR) is 82.4 cm³/mol. The third-order valence-corrected chi connectivity index (χ3v) is 3.24. The largest absolute Gasteiger partial charge is 0.495 e. The number of ether oxygens (including phenoxy) is 1. The summed E-state index contributed by atoms with van der Waals surface area (Å²) in [4.78, 5) is 4.18. The molecule has 0 amide bonds. The minimum absolute atomic E-state index is 0.593. The number of benzene rings is 2. The molecule has 0 saturated heterocycles. The van der Waals surface area contributed by atoms with Crippen molar-refractivity contribution in [2.75, 3.05) is 18.2 Å². The third kappa shape index (κ3) is 2.12. The van der Waals surface area contributed by atoms with Crippen molar-refractivity contribution in [3.63, 3.8) is 0 Å². The Kier molecular flexibility index (Phi) is 3.13. The fraction of sp³-hybridized carbons (Fsp3) is 0.0625. The Morgan fingerprint density at radius 2 is 1.85 bits per heavy atom. The van der Waals surface area contributed by atoms with Gasteiger partial charge in [-0.15, -0.1) is 0 Å². The molecule has 0 atom stereocenters. The lowest BCUT2D eigenvalue weighted by molar-refractivity contribution is 0.417. The third-order valence-electron chi connectivity index (χ3n) is 3.24. The quantitative estimate of drug-likeness (QED) is 0.711. The molecular weight excluding hydrogens is 250 g/mol. The summed E-state index contributed by atoms with van der Waals surface area (Å²) in [7, 11) is 1.61. The number of aromatic nitrogens is 1. The van der Waals surface area contributed by atoms with Crippen molar-refractivity contribution >= 4 is 27.8 Å². The second-order valence-electron chi connectivity index (χ2n) is 4.45. The van der Waals surface area contributed by atoms with Gasteiger partial charge in [-0.25, -0.2) is 0 Å². The number of anilines is 3. The van der Waals surface area contributed by atoms with Crippen LogP contribution in [0.15, 0.2) is 54.9 Å². The molecule has 0 saturated carbocycles. The molecule has 2 aromatic carbocycles. The van der Waals surface area contributed by atoms with Gasteiger partial charge in [-0.05, 0) is 29.7 Å². The topological polar surface area (TPSA) is 60.2 Å². The fourth-order valence-corrected chi connectivity index (χ4v) is 2.20. The van der Waals surface area contributed by atoms with E-state index in [2.05, 4.69) is 16.4 Å².